The van der Waals surface area contributed by atoms with Crippen LogP contribution in [-0.4, -0.2) is 25.1 Å². The van der Waals surface area contributed by atoms with Crippen LogP contribution in [0, 0.1) is 10.8 Å². The van der Waals surface area contributed by atoms with Gasteiger partial charge < -0.3 is 9.84 Å². The average Bonchev–Trinajstić information content (AvgIpc) is 2.98. The Morgan fingerprint density at radius 1 is 1.14 bits per heavy atom. The van der Waals surface area contributed by atoms with E-state index in [1.165, 1.54) is 0 Å². The van der Waals surface area contributed by atoms with Crippen molar-refractivity contribution >= 4 is 27.0 Å². The SMILES string of the molecule is CC(C)(C)Cn1nnc2c(Br)c(Oc3ncccc3C(O)C(C)(C)C)ccc21. The van der Waals surface area contributed by atoms with Gasteiger partial charge in [0.05, 0.1) is 16.1 Å². The predicted molar refractivity (Wildman–Crippen MR) is 113 cm³/mol. The van der Waals surface area contributed by atoms with Crippen LogP contribution < -0.4 is 4.74 Å². The summed E-state index contributed by atoms with van der Waals surface area (Å²) in [6, 6.07) is 7.46. The molecular formula is C21H27BrN4O2. The molecule has 0 aliphatic heterocycles. The maximum Gasteiger partial charge on any atom is 0.225 e. The van der Waals surface area contributed by atoms with Gasteiger partial charge in [0.15, 0.2) is 0 Å². The van der Waals surface area contributed by atoms with Crippen molar-refractivity contribution in [3.05, 3.63) is 40.5 Å². The number of nitrogens with zero attached hydrogens (tertiary/aromatic N) is 4. The molecular weight excluding hydrogens is 420 g/mol. The van der Waals surface area contributed by atoms with Crippen molar-refractivity contribution in [2.75, 3.05) is 0 Å². The third-order valence-corrected chi connectivity index (χ3v) is 5.10. The highest BCUT2D eigenvalue weighted by atomic mass is 79.9. The molecule has 3 aromatic rings. The van der Waals surface area contributed by atoms with Crippen molar-refractivity contribution < 1.29 is 9.84 Å². The van der Waals surface area contributed by atoms with Gasteiger partial charge in [-0.05, 0) is 51.0 Å². The van der Waals surface area contributed by atoms with E-state index in [1.54, 1.807) is 12.3 Å². The third-order valence-electron chi connectivity index (χ3n) is 4.34. The Hall–Kier alpha value is -1.99. The number of aromatic nitrogens is 4. The Kier molecular flexibility index (Phi) is 5.51. The quantitative estimate of drug-likeness (QED) is 0.571. The second-order valence-corrected chi connectivity index (χ2v) is 10.1. The van der Waals surface area contributed by atoms with Crippen molar-refractivity contribution in [3.8, 4) is 11.6 Å². The largest absolute Gasteiger partial charge is 0.437 e. The Bertz CT molecular complexity index is 986. The van der Waals surface area contributed by atoms with Gasteiger partial charge in [-0.3, -0.25) is 0 Å². The Balaban J connectivity index is 1.98. The topological polar surface area (TPSA) is 73.1 Å². The second-order valence-electron chi connectivity index (χ2n) is 9.32. The van der Waals surface area contributed by atoms with E-state index in [0.29, 0.717) is 21.7 Å². The fourth-order valence-corrected chi connectivity index (χ4v) is 3.39. The van der Waals surface area contributed by atoms with E-state index in [1.807, 2.05) is 43.7 Å². The first-order chi connectivity index (χ1) is 13.0. The molecule has 1 atom stereocenters. The summed E-state index contributed by atoms with van der Waals surface area (Å²) in [6.07, 6.45) is 0.951. The zero-order valence-corrected chi connectivity index (χ0v) is 18.8. The normalized spacial score (nSPS) is 13.7. The van der Waals surface area contributed by atoms with Crippen LogP contribution in [0.3, 0.4) is 0 Å². The van der Waals surface area contributed by atoms with E-state index in [-0.39, 0.29) is 10.8 Å². The van der Waals surface area contributed by atoms with Crippen LogP contribution >= 0.6 is 15.9 Å². The van der Waals surface area contributed by atoms with Gasteiger partial charge in [0.2, 0.25) is 5.88 Å². The van der Waals surface area contributed by atoms with Crippen LogP contribution in [0.5, 0.6) is 11.6 Å². The van der Waals surface area contributed by atoms with Gasteiger partial charge >= 0.3 is 0 Å². The number of halogens is 1. The first kappa shape index (κ1) is 20.7. The molecule has 0 saturated carbocycles. The number of fused-ring (bicyclic) bond motifs is 1. The van der Waals surface area contributed by atoms with Crippen LogP contribution in [0.4, 0.5) is 0 Å². The first-order valence-electron chi connectivity index (χ1n) is 9.30. The highest BCUT2D eigenvalue weighted by Crippen LogP contribution is 2.40. The maximum atomic E-state index is 10.7. The van der Waals surface area contributed by atoms with Gasteiger partial charge in [-0.15, -0.1) is 5.10 Å². The van der Waals surface area contributed by atoms with Gasteiger partial charge in [-0.25, -0.2) is 9.67 Å². The first-order valence-corrected chi connectivity index (χ1v) is 10.1. The summed E-state index contributed by atoms with van der Waals surface area (Å²) >= 11 is 3.60. The summed E-state index contributed by atoms with van der Waals surface area (Å²) in [4.78, 5) is 4.34. The van der Waals surface area contributed by atoms with Crippen molar-refractivity contribution in [1.82, 2.24) is 20.0 Å². The lowest BCUT2D eigenvalue weighted by Gasteiger charge is -2.27. The summed E-state index contributed by atoms with van der Waals surface area (Å²) in [6.45, 7) is 13.2. The van der Waals surface area contributed by atoms with Gasteiger partial charge in [0.25, 0.3) is 0 Å². The van der Waals surface area contributed by atoms with Gasteiger partial charge in [0, 0.05) is 18.3 Å². The number of hydrogen-bond donors (Lipinski definition) is 1. The smallest absolute Gasteiger partial charge is 0.225 e. The highest BCUT2D eigenvalue weighted by Gasteiger charge is 2.28. The van der Waals surface area contributed by atoms with Crippen LogP contribution in [-0.2, 0) is 6.54 Å². The maximum absolute atomic E-state index is 10.7. The molecule has 0 aliphatic carbocycles. The molecule has 0 amide bonds. The van der Waals surface area contributed by atoms with Crippen LogP contribution in [0.1, 0.15) is 53.2 Å². The number of ether oxygens (including phenoxy) is 1. The van der Waals surface area contributed by atoms with E-state index in [9.17, 15) is 5.11 Å². The van der Waals surface area contributed by atoms with Crippen molar-refractivity contribution in [2.24, 2.45) is 10.8 Å². The molecule has 6 nitrogen and oxygen atoms in total. The lowest BCUT2D eigenvalue weighted by atomic mass is 9.85. The van der Waals surface area contributed by atoms with Gasteiger partial charge in [-0.1, -0.05) is 46.8 Å². The minimum Gasteiger partial charge on any atom is -0.437 e. The summed E-state index contributed by atoms with van der Waals surface area (Å²) in [5.74, 6) is 0.962. The van der Waals surface area contributed by atoms with Gasteiger partial charge in [-0.2, -0.15) is 0 Å². The molecule has 0 saturated heterocycles. The van der Waals surface area contributed by atoms with Crippen LogP contribution in [0.2, 0.25) is 0 Å². The van der Waals surface area contributed by atoms with E-state index in [2.05, 4.69) is 52.0 Å². The molecule has 3 rings (SSSR count). The standard InChI is InChI=1S/C21H27BrN4O2/c1-20(2,3)12-26-14-9-10-15(16(22)17(14)24-25-26)28-19-13(8-7-11-23-19)18(27)21(4,5)6/h7-11,18,27H,12H2,1-6H3. The summed E-state index contributed by atoms with van der Waals surface area (Å²) < 4.78 is 8.70. The molecule has 1 N–H and O–H groups in total. The van der Waals surface area contributed by atoms with Crippen molar-refractivity contribution in [2.45, 2.75) is 54.2 Å². The number of aliphatic hydroxyl groups excluding tert-OH is 1. The highest BCUT2D eigenvalue weighted by molar-refractivity contribution is 9.10. The molecule has 2 heterocycles. The number of rotatable bonds is 4. The Morgan fingerprint density at radius 3 is 2.50 bits per heavy atom. The third kappa shape index (κ3) is 4.36. The van der Waals surface area contributed by atoms with E-state index in [4.69, 9.17) is 4.74 Å². The molecule has 0 radical (unpaired) electrons. The van der Waals surface area contributed by atoms with Crippen LogP contribution in [0.25, 0.3) is 11.0 Å². The van der Waals surface area contributed by atoms with Crippen molar-refractivity contribution in [3.63, 3.8) is 0 Å². The molecule has 0 spiro atoms. The monoisotopic (exact) mass is 446 g/mol. The molecule has 0 fully saturated rings. The molecule has 1 unspecified atom stereocenters. The lowest BCUT2D eigenvalue weighted by Crippen LogP contribution is -2.18. The van der Waals surface area contributed by atoms with E-state index >= 15 is 0 Å². The molecule has 7 heteroatoms. The average molecular weight is 447 g/mol. The summed E-state index contributed by atoms with van der Waals surface area (Å²) in [5.41, 5.74) is 2.07. The van der Waals surface area contributed by atoms with Crippen LogP contribution in [0.15, 0.2) is 34.9 Å². The fourth-order valence-electron chi connectivity index (χ4n) is 2.90. The lowest BCUT2D eigenvalue weighted by molar-refractivity contribution is 0.0603. The van der Waals surface area contributed by atoms with Crippen molar-refractivity contribution in [1.29, 1.82) is 0 Å². The minimum absolute atomic E-state index is 0.0915. The zero-order valence-electron chi connectivity index (χ0n) is 17.2. The Labute approximate surface area is 174 Å². The summed E-state index contributed by atoms with van der Waals surface area (Å²) in [5, 5.41) is 19.3. The number of benzene rings is 1. The number of hydrogen-bond acceptors (Lipinski definition) is 5. The van der Waals surface area contributed by atoms with E-state index in [0.717, 1.165) is 17.6 Å². The number of aliphatic hydroxyl groups is 1. The molecule has 1 aromatic carbocycles. The predicted octanol–water partition coefficient (Wildman–Crippen LogP) is 5.51. The zero-order chi connectivity index (χ0) is 20.7. The second kappa shape index (κ2) is 7.44. The molecule has 2 aromatic heterocycles. The molecule has 150 valence electrons. The Morgan fingerprint density at radius 2 is 1.86 bits per heavy atom. The van der Waals surface area contributed by atoms with E-state index < -0.39 is 6.10 Å². The molecule has 0 bridgehead atoms. The number of pyridine rings is 1. The van der Waals surface area contributed by atoms with Gasteiger partial charge in [0.1, 0.15) is 11.3 Å². The fraction of sp³-hybridized carbons (Fsp3) is 0.476. The minimum atomic E-state index is -0.702. The molecule has 0 aliphatic rings. The summed E-state index contributed by atoms with van der Waals surface area (Å²) in [7, 11) is 0. The molecule has 28 heavy (non-hydrogen) atoms.